The number of rotatable bonds is 2. The molecule has 9 heteroatoms. The fourth-order valence-electron chi connectivity index (χ4n) is 2.34. The summed E-state index contributed by atoms with van der Waals surface area (Å²) in [6.45, 7) is -0.445. The van der Waals surface area contributed by atoms with Gasteiger partial charge in [-0.25, -0.2) is 9.97 Å². The van der Waals surface area contributed by atoms with Gasteiger partial charge in [-0.1, -0.05) is 0 Å². The van der Waals surface area contributed by atoms with Gasteiger partial charge >= 0.3 is 0 Å². The highest BCUT2D eigenvalue weighted by atomic mass is 19.1. The molecule has 1 saturated heterocycles. The van der Waals surface area contributed by atoms with Gasteiger partial charge in [0.05, 0.1) is 18.5 Å². The largest absolute Gasteiger partial charge is 0.394 e. The van der Waals surface area contributed by atoms with E-state index in [1.165, 1.54) is 10.9 Å². The number of hydrogen-bond acceptors (Lipinski definition) is 7. The highest BCUT2D eigenvalue weighted by Gasteiger charge is 2.43. The van der Waals surface area contributed by atoms with Crippen LogP contribution in [0.4, 0.5) is 10.2 Å². The number of nitrogen functional groups attached to an aromatic ring is 1. The van der Waals surface area contributed by atoms with Crippen molar-refractivity contribution in [2.75, 3.05) is 12.3 Å². The number of nitrogens with two attached hydrogens (primary N) is 1. The molecule has 0 bridgehead atoms. The Balaban J connectivity index is 2.07. The maximum atomic E-state index is 13.3. The normalized spacial score (nSPS) is 30.2. The number of aromatic nitrogens is 3. The summed E-state index contributed by atoms with van der Waals surface area (Å²) in [4.78, 5) is 7.44. The molecule has 1 aliphatic heterocycles. The third kappa shape index (κ3) is 1.83. The minimum atomic E-state index is -1.28. The van der Waals surface area contributed by atoms with Crippen LogP contribution in [0.1, 0.15) is 6.23 Å². The molecule has 1 fully saturated rings. The zero-order chi connectivity index (χ0) is 14.4. The molecular weight excluding hydrogens is 271 g/mol. The topological polar surface area (TPSA) is 127 Å². The number of pyridine rings is 1. The van der Waals surface area contributed by atoms with Crippen molar-refractivity contribution in [3.8, 4) is 0 Å². The third-order valence-corrected chi connectivity index (χ3v) is 3.35. The number of fused-ring (bicyclic) bond motifs is 1. The summed E-state index contributed by atoms with van der Waals surface area (Å²) >= 11 is 0. The average Bonchev–Trinajstić information content (AvgIpc) is 2.93. The second-order valence-corrected chi connectivity index (χ2v) is 4.58. The van der Waals surface area contributed by atoms with Crippen LogP contribution in [0.5, 0.6) is 0 Å². The van der Waals surface area contributed by atoms with Crippen molar-refractivity contribution in [2.45, 2.75) is 24.5 Å². The molecule has 8 nitrogen and oxygen atoms in total. The number of imidazole rings is 1. The van der Waals surface area contributed by atoms with Crippen LogP contribution in [0.25, 0.3) is 11.0 Å². The molecule has 0 spiro atoms. The molecule has 1 aliphatic rings. The second-order valence-electron chi connectivity index (χ2n) is 4.58. The summed E-state index contributed by atoms with van der Waals surface area (Å²) < 4.78 is 20.0. The number of halogens is 1. The van der Waals surface area contributed by atoms with Gasteiger partial charge in [0.25, 0.3) is 0 Å². The average molecular weight is 284 g/mol. The first-order chi connectivity index (χ1) is 9.52. The number of aliphatic hydroxyl groups excluding tert-OH is 3. The predicted octanol–water partition coefficient (Wildman–Crippen LogP) is -1.24. The van der Waals surface area contributed by atoms with E-state index in [4.69, 9.17) is 15.6 Å². The summed E-state index contributed by atoms with van der Waals surface area (Å²) in [7, 11) is 0. The molecule has 0 radical (unpaired) electrons. The van der Waals surface area contributed by atoms with Crippen LogP contribution in [0.2, 0.25) is 0 Å². The number of ether oxygens (including phenoxy) is 1. The van der Waals surface area contributed by atoms with Gasteiger partial charge in [-0.2, -0.15) is 4.39 Å². The number of nitrogens with zero attached hydrogens (tertiary/aromatic N) is 3. The van der Waals surface area contributed by atoms with Crippen LogP contribution in [0.3, 0.4) is 0 Å². The zero-order valence-electron chi connectivity index (χ0n) is 10.2. The summed E-state index contributed by atoms with van der Waals surface area (Å²) in [5.74, 6) is -0.867. The summed E-state index contributed by atoms with van der Waals surface area (Å²) in [5.41, 5.74) is 6.11. The molecule has 0 unspecified atom stereocenters. The fraction of sp³-hybridized carbons (Fsp3) is 0.455. The van der Waals surface area contributed by atoms with Crippen LogP contribution >= 0.6 is 0 Å². The zero-order valence-corrected chi connectivity index (χ0v) is 10.2. The summed E-state index contributed by atoms with van der Waals surface area (Å²) in [5, 5.41) is 28.7. The molecule has 4 atom stereocenters. The van der Waals surface area contributed by atoms with Gasteiger partial charge in [0.15, 0.2) is 12.0 Å². The van der Waals surface area contributed by atoms with Crippen molar-refractivity contribution in [2.24, 2.45) is 0 Å². The van der Waals surface area contributed by atoms with Gasteiger partial charge in [0.1, 0.15) is 23.8 Å². The molecule has 2 aromatic rings. The van der Waals surface area contributed by atoms with Crippen molar-refractivity contribution >= 4 is 16.9 Å². The SMILES string of the molecule is Nc1nc(F)cc2c1ncn2[C@@H]1O[C@H](CO)[C@H](O)[C@H]1O. The first-order valence-corrected chi connectivity index (χ1v) is 5.94. The van der Waals surface area contributed by atoms with Gasteiger partial charge in [-0.05, 0) is 0 Å². The van der Waals surface area contributed by atoms with Gasteiger partial charge in [-0.15, -0.1) is 0 Å². The Morgan fingerprint density at radius 3 is 2.80 bits per heavy atom. The first-order valence-electron chi connectivity index (χ1n) is 5.94. The van der Waals surface area contributed by atoms with E-state index in [2.05, 4.69) is 9.97 Å². The van der Waals surface area contributed by atoms with Crippen molar-refractivity contribution in [3.63, 3.8) is 0 Å². The van der Waals surface area contributed by atoms with E-state index in [1.54, 1.807) is 0 Å². The highest BCUT2D eigenvalue weighted by Crippen LogP contribution is 2.32. The lowest BCUT2D eigenvalue weighted by atomic mass is 10.1. The van der Waals surface area contributed by atoms with Crippen molar-refractivity contribution < 1.29 is 24.4 Å². The van der Waals surface area contributed by atoms with E-state index in [9.17, 15) is 14.6 Å². The Morgan fingerprint density at radius 2 is 2.15 bits per heavy atom. The van der Waals surface area contributed by atoms with Crippen molar-refractivity contribution in [3.05, 3.63) is 18.3 Å². The van der Waals surface area contributed by atoms with Crippen LogP contribution in [-0.2, 0) is 4.74 Å². The van der Waals surface area contributed by atoms with Gasteiger partial charge < -0.3 is 30.4 Å². The fourth-order valence-corrected chi connectivity index (χ4v) is 2.34. The first kappa shape index (κ1) is 13.2. The number of hydrogen-bond donors (Lipinski definition) is 4. The van der Waals surface area contributed by atoms with Crippen LogP contribution < -0.4 is 5.73 Å². The van der Waals surface area contributed by atoms with E-state index in [0.717, 1.165) is 6.07 Å². The minimum Gasteiger partial charge on any atom is -0.394 e. The molecular formula is C11H13FN4O4. The Hall–Kier alpha value is -1.81. The summed E-state index contributed by atoms with van der Waals surface area (Å²) in [6.07, 6.45) is -3.12. The lowest BCUT2D eigenvalue weighted by molar-refractivity contribution is -0.0509. The quantitative estimate of drug-likeness (QED) is 0.508. The Morgan fingerprint density at radius 1 is 1.40 bits per heavy atom. The van der Waals surface area contributed by atoms with E-state index in [-0.39, 0.29) is 16.9 Å². The Bertz CT molecular complexity index is 649. The van der Waals surface area contributed by atoms with Gasteiger partial charge in [0.2, 0.25) is 5.95 Å². The van der Waals surface area contributed by atoms with Gasteiger partial charge in [-0.3, -0.25) is 0 Å². The lowest BCUT2D eigenvalue weighted by Gasteiger charge is -2.17. The van der Waals surface area contributed by atoms with E-state index >= 15 is 0 Å². The molecule has 0 amide bonds. The highest BCUT2D eigenvalue weighted by molar-refractivity contribution is 5.84. The van der Waals surface area contributed by atoms with Crippen LogP contribution in [-0.4, -0.2) is 54.8 Å². The van der Waals surface area contributed by atoms with Crippen LogP contribution in [0, 0.1) is 5.95 Å². The van der Waals surface area contributed by atoms with Gasteiger partial charge in [0, 0.05) is 6.07 Å². The van der Waals surface area contributed by atoms with Crippen molar-refractivity contribution in [1.29, 1.82) is 0 Å². The molecule has 3 heterocycles. The standard InChI is InChI=1S/C11H13FN4O4/c12-6-1-4-7(10(13)15-6)14-3-16(4)11-9(19)8(18)5(2-17)20-11/h1,3,5,8-9,11,17-19H,2H2,(H2,13,15)/t5-,8+,9-,11-/m1/s1. The third-order valence-electron chi connectivity index (χ3n) is 3.35. The minimum absolute atomic E-state index is 0.0782. The molecule has 5 N–H and O–H groups in total. The molecule has 2 aromatic heterocycles. The Labute approximate surface area is 112 Å². The Kier molecular flexibility index (Phi) is 3.05. The molecule has 0 aliphatic carbocycles. The lowest BCUT2D eigenvalue weighted by Crippen LogP contribution is -2.33. The molecule has 0 saturated carbocycles. The maximum Gasteiger partial charge on any atom is 0.217 e. The molecule has 108 valence electrons. The number of anilines is 1. The van der Waals surface area contributed by atoms with E-state index in [0.29, 0.717) is 0 Å². The monoisotopic (exact) mass is 284 g/mol. The second kappa shape index (κ2) is 4.63. The van der Waals surface area contributed by atoms with E-state index in [1.807, 2.05) is 0 Å². The molecule has 3 rings (SSSR count). The van der Waals surface area contributed by atoms with Crippen molar-refractivity contribution in [1.82, 2.24) is 14.5 Å². The molecule has 0 aromatic carbocycles. The number of aliphatic hydroxyl groups is 3. The predicted molar refractivity (Wildman–Crippen MR) is 64.9 cm³/mol. The smallest absolute Gasteiger partial charge is 0.217 e. The van der Waals surface area contributed by atoms with E-state index < -0.39 is 37.1 Å². The summed E-state index contributed by atoms with van der Waals surface area (Å²) in [6, 6.07) is 1.10. The van der Waals surface area contributed by atoms with Crippen LogP contribution in [0.15, 0.2) is 12.4 Å². The maximum absolute atomic E-state index is 13.3. The molecule has 20 heavy (non-hydrogen) atoms.